The third kappa shape index (κ3) is 5.48. The van der Waals surface area contributed by atoms with Crippen LogP contribution < -0.4 is 26.8 Å². The second kappa shape index (κ2) is 11.8. The molecule has 5 rings (SSSR count). The van der Waals surface area contributed by atoms with E-state index in [2.05, 4.69) is 31.2 Å². The normalized spacial score (nSPS) is 22.1. The highest BCUT2D eigenvalue weighted by atomic mass is 32.2. The van der Waals surface area contributed by atoms with Crippen LogP contribution >= 0.6 is 11.8 Å². The van der Waals surface area contributed by atoms with Crippen LogP contribution in [-0.4, -0.2) is 71.9 Å². The molecule has 3 heterocycles. The van der Waals surface area contributed by atoms with E-state index in [9.17, 15) is 33.9 Å². The van der Waals surface area contributed by atoms with E-state index in [0.717, 1.165) is 28.4 Å². The molecule has 14 nitrogen and oxygen atoms in total. The zero-order chi connectivity index (χ0) is 31.6. The molecule has 6 N–H and O–H groups in total. The molecule has 0 bridgehead atoms. The standard InChI is InChI=1S/C29H29N7O7S/c1-28(2)20(24(41)42)36-25(43)29(32-15-37,26(36)44-28)35-23(40)19(17-11-7-4-8-12-17)33-21(38)18-14-31-27(34-22(18)39)30-13-16-9-5-3-6-10-16/h3-12,14-15,19-20,26H,13H2,1-2H3,(H,32,37)(H,33,38)(H,35,40)(H,41,42)(H2,30,31,34,39)/t19?,20-,26+,29+/m0/s1. The molecule has 1 aromatic heterocycles. The number of rotatable bonds is 11. The Morgan fingerprint density at radius 3 is 2.36 bits per heavy atom. The minimum Gasteiger partial charge on any atom is -0.480 e. The molecule has 2 saturated heterocycles. The number of nitrogens with one attached hydrogen (secondary N) is 5. The van der Waals surface area contributed by atoms with Crippen molar-refractivity contribution in [3.63, 3.8) is 0 Å². The number of benzene rings is 2. The number of carbonyl (C=O) groups is 5. The largest absolute Gasteiger partial charge is 0.480 e. The van der Waals surface area contributed by atoms with E-state index in [1.54, 1.807) is 44.2 Å². The number of H-pyrrole nitrogens is 1. The summed E-state index contributed by atoms with van der Waals surface area (Å²) in [5, 5.41) is 19.2. The van der Waals surface area contributed by atoms with Crippen LogP contribution in [0.5, 0.6) is 0 Å². The number of carbonyl (C=O) groups excluding carboxylic acids is 4. The van der Waals surface area contributed by atoms with Gasteiger partial charge in [-0.1, -0.05) is 60.7 Å². The Hall–Kier alpha value is -5.18. The minimum absolute atomic E-state index is 0.138. The van der Waals surface area contributed by atoms with E-state index in [0.29, 0.717) is 12.1 Å². The van der Waals surface area contributed by atoms with Gasteiger partial charge >= 0.3 is 5.97 Å². The van der Waals surface area contributed by atoms with Crippen molar-refractivity contribution >= 4 is 47.8 Å². The van der Waals surface area contributed by atoms with Crippen LogP contribution in [-0.2, 0) is 25.7 Å². The van der Waals surface area contributed by atoms with Gasteiger partial charge in [-0.15, -0.1) is 11.8 Å². The molecule has 3 aromatic rings. The van der Waals surface area contributed by atoms with Crippen LogP contribution in [0.3, 0.4) is 0 Å². The fraction of sp³-hybridized carbons (Fsp3) is 0.276. The van der Waals surface area contributed by atoms with Gasteiger partial charge in [-0.2, -0.15) is 0 Å². The van der Waals surface area contributed by atoms with E-state index in [1.165, 1.54) is 0 Å². The summed E-state index contributed by atoms with van der Waals surface area (Å²) in [5.41, 5.74) is -1.83. The topological polar surface area (TPSA) is 203 Å². The Morgan fingerprint density at radius 1 is 1.09 bits per heavy atom. The Bertz CT molecular complexity index is 1670. The number of hydrogen-bond donors (Lipinski definition) is 6. The van der Waals surface area contributed by atoms with Gasteiger partial charge in [0.05, 0.1) is 0 Å². The van der Waals surface area contributed by atoms with Crippen molar-refractivity contribution in [3.8, 4) is 0 Å². The number of anilines is 1. The van der Waals surface area contributed by atoms with Crippen molar-refractivity contribution in [3.05, 3.63) is 93.9 Å². The molecule has 0 aliphatic carbocycles. The number of nitrogens with zero attached hydrogens (tertiary/aromatic N) is 2. The number of aliphatic carboxylic acids is 1. The lowest BCUT2D eigenvalue weighted by Gasteiger charge is -2.52. The summed E-state index contributed by atoms with van der Waals surface area (Å²) in [6, 6.07) is 14.9. The van der Waals surface area contributed by atoms with Crippen LogP contribution in [0.25, 0.3) is 0 Å². The predicted octanol–water partition coefficient (Wildman–Crippen LogP) is 0.559. The van der Waals surface area contributed by atoms with E-state index >= 15 is 0 Å². The Labute approximate surface area is 255 Å². The lowest BCUT2D eigenvalue weighted by atomic mass is 9.91. The first-order valence-corrected chi connectivity index (χ1v) is 14.4. The van der Waals surface area contributed by atoms with E-state index < -0.39 is 57.1 Å². The van der Waals surface area contributed by atoms with Gasteiger partial charge in [-0.05, 0) is 25.0 Å². The third-order valence-corrected chi connectivity index (χ3v) is 9.04. The maximum absolute atomic E-state index is 13.8. The van der Waals surface area contributed by atoms with Crippen molar-refractivity contribution in [1.82, 2.24) is 30.8 Å². The maximum atomic E-state index is 13.8. The van der Waals surface area contributed by atoms with Gasteiger partial charge in [0.1, 0.15) is 23.0 Å². The first-order chi connectivity index (χ1) is 21.0. The van der Waals surface area contributed by atoms with Crippen LogP contribution in [0, 0.1) is 0 Å². The number of amides is 4. The second-order valence-corrected chi connectivity index (χ2v) is 12.5. The average Bonchev–Trinajstić information content (AvgIpc) is 3.28. The lowest BCUT2D eigenvalue weighted by molar-refractivity contribution is -0.172. The van der Waals surface area contributed by atoms with E-state index in [-0.39, 0.29) is 17.9 Å². The summed E-state index contributed by atoms with van der Waals surface area (Å²) in [4.78, 5) is 84.6. The summed E-state index contributed by atoms with van der Waals surface area (Å²) in [7, 11) is 0. The van der Waals surface area contributed by atoms with Crippen LogP contribution in [0.4, 0.5) is 5.95 Å². The quantitative estimate of drug-likeness (QED) is 0.100. The fourth-order valence-corrected chi connectivity index (χ4v) is 6.94. The number of carboxylic acids is 1. The Kier molecular flexibility index (Phi) is 8.15. The van der Waals surface area contributed by atoms with Crippen molar-refractivity contribution in [1.29, 1.82) is 0 Å². The van der Waals surface area contributed by atoms with Gasteiger partial charge in [-0.3, -0.25) is 29.0 Å². The van der Waals surface area contributed by atoms with Crippen LogP contribution in [0.15, 0.2) is 71.7 Å². The number of aromatic amines is 1. The van der Waals surface area contributed by atoms with Gasteiger partial charge < -0.3 is 31.3 Å². The number of aromatic nitrogens is 2. The first-order valence-electron chi connectivity index (χ1n) is 13.5. The number of thioether (sulfide) groups is 1. The monoisotopic (exact) mass is 619 g/mol. The van der Waals surface area contributed by atoms with E-state index in [1.807, 2.05) is 30.3 Å². The molecule has 0 spiro atoms. The molecule has 4 atom stereocenters. The summed E-state index contributed by atoms with van der Waals surface area (Å²) < 4.78 is -0.938. The van der Waals surface area contributed by atoms with Gasteiger partial charge in [0, 0.05) is 17.5 Å². The van der Waals surface area contributed by atoms with Crippen LogP contribution in [0.1, 0.15) is 41.4 Å². The molecule has 15 heteroatoms. The average molecular weight is 620 g/mol. The summed E-state index contributed by atoms with van der Waals surface area (Å²) in [6.45, 7) is 3.68. The zero-order valence-corrected chi connectivity index (χ0v) is 24.4. The number of carboxylic acid groups (broad SMARTS) is 1. The zero-order valence-electron chi connectivity index (χ0n) is 23.6. The summed E-state index contributed by atoms with van der Waals surface area (Å²) in [5.74, 6) is -3.70. The van der Waals surface area contributed by atoms with Gasteiger partial charge in [0.2, 0.25) is 23.9 Å². The molecule has 228 valence electrons. The molecular weight excluding hydrogens is 590 g/mol. The number of hydrogen-bond acceptors (Lipinski definition) is 9. The molecule has 0 saturated carbocycles. The van der Waals surface area contributed by atoms with Crippen molar-refractivity contribution < 1.29 is 29.1 Å². The molecule has 44 heavy (non-hydrogen) atoms. The number of β-lactam (4-membered cyclic amide) rings is 1. The minimum atomic E-state index is -1.96. The lowest BCUT2D eigenvalue weighted by Crippen LogP contribution is -2.85. The predicted molar refractivity (Wildman–Crippen MR) is 159 cm³/mol. The summed E-state index contributed by atoms with van der Waals surface area (Å²) >= 11 is 1.11. The third-order valence-electron chi connectivity index (χ3n) is 7.41. The molecular formula is C29H29N7O7S. The molecule has 4 amide bonds. The smallest absolute Gasteiger partial charge is 0.327 e. The molecule has 2 aromatic carbocycles. The van der Waals surface area contributed by atoms with Crippen molar-refractivity contribution in [2.75, 3.05) is 5.32 Å². The first kappa shape index (κ1) is 30.3. The maximum Gasteiger partial charge on any atom is 0.327 e. The Morgan fingerprint density at radius 2 is 1.75 bits per heavy atom. The molecule has 2 fully saturated rings. The molecule has 2 aliphatic heterocycles. The van der Waals surface area contributed by atoms with Crippen LogP contribution in [0.2, 0.25) is 0 Å². The Balaban J connectivity index is 1.37. The molecule has 0 radical (unpaired) electrons. The molecule has 2 aliphatic rings. The SMILES string of the molecule is CC1(C)S[C@H]2N(C(=O)[C@@]2(NC=O)NC(=O)C(NC(=O)c2cnc(NCc3ccccc3)[nH]c2=O)c2ccccc2)[C@H]1C(=O)O. The van der Waals surface area contributed by atoms with Gasteiger partial charge in [0.25, 0.3) is 17.4 Å². The van der Waals surface area contributed by atoms with Gasteiger partial charge in [0.15, 0.2) is 0 Å². The fourth-order valence-electron chi connectivity index (χ4n) is 5.29. The highest BCUT2D eigenvalue weighted by Gasteiger charge is 2.72. The van der Waals surface area contributed by atoms with Crippen molar-refractivity contribution in [2.24, 2.45) is 0 Å². The highest BCUT2D eigenvalue weighted by molar-refractivity contribution is 8.01. The molecule has 1 unspecified atom stereocenters. The highest BCUT2D eigenvalue weighted by Crippen LogP contribution is 2.54. The number of fused-ring (bicyclic) bond motifs is 1. The van der Waals surface area contributed by atoms with Gasteiger partial charge in [-0.25, -0.2) is 9.78 Å². The van der Waals surface area contributed by atoms with E-state index in [4.69, 9.17) is 0 Å². The van der Waals surface area contributed by atoms with Crippen molar-refractivity contribution in [2.45, 2.75) is 48.3 Å². The summed E-state index contributed by atoms with van der Waals surface area (Å²) in [6.07, 6.45) is 1.32. The second-order valence-electron chi connectivity index (χ2n) is 10.7.